The maximum atomic E-state index is 8.93. The molecule has 2 aromatic carbocycles. The lowest BCUT2D eigenvalue weighted by atomic mass is 9.71. The molecule has 0 saturated heterocycles. The summed E-state index contributed by atoms with van der Waals surface area (Å²) in [5, 5.41) is 8.93. The predicted octanol–water partition coefficient (Wildman–Crippen LogP) is 7.52. The molecule has 0 N–H and O–H groups in total. The molecule has 0 bridgehead atoms. The van der Waals surface area contributed by atoms with Gasteiger partial charge in [-0.25, -0.2) is 0 Å². The molecule has 1 nitrogen and oxygen atoms in total. The van der Waals surface area contributed by atoms with Gasteiger partial charge in [-0.1, -0.05) is 68.4 Å². The van der Waals surface area contributed by atoms with Crippen LogP contribution in [0.15, 0.2) is 60.2 Å². The Morgan fingerprint density at radius 3 is 1.93 bits per heavy atom. The molecule has 0 radical (unpaired) electrons. The van der Waals surface area contributed by atoms with Crippen LogP contribution in [-0.4, -0.2) is 0 Å². The predicted molar refractivity (Wildman–Crippen MR) is 125 cm³/mol. The molecule has 30 heavy (non-hydrogen) atoms. The highest BCUT2D eigenvalue weighted by molar-refractivity contribution is 5.65. The molecule has 0 aliphatic heterocycles. The second-order valence-corrected chi connectivity index (χ2v) is 8.97. The van der Waals surface area contributed by atoms with E-state index in [4.69, 9.17) is 5.26 Å². The van der Waals surface area contributed by atoms with Gasteiger partial charge in [0.2, 0.25) is 0 Å². The Bertz CT molecular complexity index is 968. The van der Waals surface area contributed by atoms with E-state index in [1.54, 1.807) is 0 Å². The number of nitrogens with zero attached hydrogens (tertiary/aromatic N) is 1. The Morgan fingerprint density at radius 2 is 1.40 bits per heavy atom. The van der Waals surface area contributed by atoms with E-state index in [2.05, 4.69) is 55.2 Å². The number of benzene rings is 2. The Morgan fingerprint density at radius 1 is 0.767 bits per heavy atom. The van der Waals surface area contributed by atoms with Crippen LogP contribution >= 0.6 is 0 Å². The molecule has 1 heteroatoms. The fourth-order valence-corrected chi connectivity index (χ4v) is 5.10. The van der Waals surface area contributed by atoms with Gasteiger partial charge in [0.1, 0.15) is 0 Å². The summed E-state index contributed by atoms with van der Waals surface area (Å²) in [7, 11) is 0. The normalized spacial score (nSPS) is 23.6. The SMILES string of the molecule is CCC1CCC(C2CC=C(C#Cc3ccc(-c4ccc(C#N)cc4)cc3)CC2)CC1. The van der Waals surface area contributed by atoms with Gasteiger partial charge in [-0.15, -0.1) is 0 Å². The van der Waals surface area contributed by atoms with Crippen LogP contribution in [0.4, 0.5) is 0 Å². The molecule has 152 valence electrons. The molecule has 0 spiro atoms. The lowest BCUT2D eigenvalue weighted by Gasteiger charge is -2.34. The average Bonchev–Trinajstić information content (AvgIpc) is 2.83. The van der Waals surface area contributed by atoms with Crippen LogP contribution in [0.1, 0.15) is 69.4 Å². The lowest BCUT2D eigenvalue weighted by molar-refractivity contribution is 0.190. The van der Waals surface area contributed by atoms with Crippen LogP contribution in [0.25, 0.3) is 11.1 Å². The van der Waals surface area contributed by atoms with E-state index in [-0.39, 0.29) is 0 Å². The Balaban J connectivity index is 1.34. The number of hydrogen-bond acceptors (Lipinski definition) is 1. The highest BCUT2D eigenvalue weighted by Crippen LogP contribution is 2.40. The molecule has 0 heterocycles. The van der Waals surface area contributed by atoms with Crippen molar-refractivity contribution >= 4 is 0 Å². The zero-order valence-electron chi connectivity index (χ0n) is 18.0. The third-order valence-corrected chi connectivity index (χ3v) is 7.19. The van der Waals surface area contributed by atoms with E-state index in [1.165, 1.54) is 50.5 Å². The topological polar surface area (TPSA) is 23.8 Å². The molecule has 1 atom stereocenters. The van der Waals surface area contributed by atoms with Gasteiger partial charge < -0.3 is 0 Å². The van der Waals surface area contributed by atoms with Gasteiger partial charge in [0, 0.05) is 5.56 Å². The van der Waals surface area contributed by atoms with Crippen molar-refractivity contribution in [2.45, 2.75) is 58.3 Å². The number of allylic oxidation sites excluding steroid dienone is 2. The average molecular weight is 394 g/mol. The second kappa shape index (κ2) is 9.82. The summed E-state index contributed by atoms with van der Waals surface area (Å²) in [4.78, 5) is 0. The van der Waals surface area contributed by atoms with Gasteiger partial charge in [0.05, 0.1) is 11.6 Å². The van der Waals surface area contributed by atoms with Gasteiger partial charge >= 0.3 is 0 Å². The fourth-order valence-electron chi connectivity index (χ4n) is 5.10. The van der Waals surface area contributed by atoms with E-state index in [1.807, 2.05) is 24.3 Å². The van der Waals surface area contributed by atoms with Crippen molar-refractivity contribution in [1.82, 2.24) is 0 Å². The van der Waals surface area contributed by atoms with E-state index in [9.17, 15) is 0 Å². The molecule has 2 aliphatic carbocycles. The first-order valence-corrected chi connectivity index (χ1v) is 11.6. The quantitative estimate of drug-likeness (QED) is 0.495. The van der Waals surface area contributed by atoms with E-state index in [0.29, 0.717) is 5.56 Å². The van der Waals surface area contributed by atoms with Gasteiger partial charge in [-0.2, -0.15) is 5.26 Å². The third-order valence-electron chi connectivity index (χ3n) is 7.19. The van der Waals surface area contributed by atoms with Crippen molar-refractivity contribution in [3.05, 3.63) is 71.3 Å². The van der Waals surface area contributed by atoms with Crippen LogP contribution in [0, 0.1) is 40.9 Å². The van der Waals surface area contributed by atoms with Crippen molar-refractivity contribution in [2.24, 2.45) is 17.8 Å². The van der Waals surface area contributed by atoms with E-state index < -0.39 is 0 Å². The first kappa shape index (κ1) is 20.5. The minimum atomic E-state index is 0.692. The molecule has 0 aromatic heterocycles. The smallest absolute Gasteiger partial charge is 0.0991 e. The van der Waals surface area contributed by atoms with E-state index in [0.717, 1.165) is 40.9 Å². The molecular weight excluding hydrogens is 362 g/mol. The monoisotopic (exact) mass is 393 g/mol. The molecule has 4 rings (SSSR count). The standard InChI is InChI=1S/C29H31N/c1-2-22-5-13-26(14-6-22)27-15-7-23(8-16-27)3-4-24-9-17-28(18-10-24)29-19-11-25(21-30)12-20-29/h7,9-12,17-20,22,26-27H,2,5-6,8,13-16H2,1H3. The van der Waals surface area contributed by atoms with Crippen molar-refractivity contribution in [3.8, 4) is 29.0 Å². The Kier molecular flexibility index (Phi) is 6.71. The summed E-state index contributed by atoms with van der Waals surface area (Å²) >= 11 is 0. The van der Waals surface area contributed by atoms with Crippen LogP contribution < -0.4 is 0 Å². The molecule has 1 saturated carbocycles. The molecule has 2 aliphatic rings. The summed E-state index contributed by atoms with van der Waals surface area (Å²) in [6.07, 6.45) is 13.3. The second-order valence-electron chi connectivity index (χ2n) is 8.97. The summed E-state index contributed by atoms with van der Waals surface area (Å²) in [6.45, 7) is 2.35. The number of nitriles is 1. The van der Waals surface area contributed by atoms with Gasteiger partial charge in [0.25, 0.3) is 0 Å². The van der Waals surface area contributed by atoms with Crippen molar-refractivity contribution in [2.75, 3.05) is 0 Å². The van der Waals surface area contributed by atoms with Crippen LogP contribution in [0.5, 0.6) is 0 Å². The highest BCUT2D eigenvalue weighted by Gasteiger charge is 2.27. The van der Waals surface area contributed by atoms with Gasteiger partial charge in [-0.05, 0) is 90.8 Å². The first-order chi connectivity index (χ1) is 14.7. The lowest BCUT2D eigenvalue weighted by Crippen LogP contribution is -2.22. The van der Waals surface area contributed by atoms with Gasteiger partial charge in [0.15, 0.2) is 0 Å². The summed E-state index contributed by atoms with van der Waals surface area (Å²) in [5.74, 6) is 9.62. The van der Waals surface area contributed by atoms with E-state index >= 15 is 0 Å². The minimum Gasteiger partial charge on any atom is -0.192 e. The minimum absolute atomic E-state index is 0.692. The van der Waals surface area contributed by atoms with Crippen molar-refractivity contribution in [3.63, 3.8) is 0 Å². The maximum Gasteiger partial charge on any atom is 0.0991 e. The van der Waals surface area contributed by atoms with Gasteiger partial charge in [-0.3, -0.25) is 0 Å². The van der Waals surface area contributed by atoms with Crippen molar-refractivity contribution < 1.29 is 0 Å². The maximum absolute atomic E-state index is 8.93. The molecule has 1 fully saturated rings. The summed E-state index contributed by atoms with van der Waals surface area (Å²) in [6, 6.07) is 18.3. The molecule has 0 amide bonds. The van der Waals surface area contributed by atoms with Crippen LogP contribution in [-0.2, 0) is 0 Å². The first-order valence-electron chi connectivity index (χ1n) is 11.6. The third kappa shape index (κ3) is 5.04. The Labute approximate surface area is 181 Å². The fraction of sp³-hybridized carbons (Fsp3) is 0.414. The Hall–Kier alpha value is -2.77. The summed E-state index contributed by atoms with van der Waals surface area (Å²) < 4.78 is 0. The highest BCUT2D eigenvalue weighted by atomic mass is 14.3. The largest absolute Gasteiger partial charge is 0.192 e. The zero-order chi connectivity index (χ0) is 20.8. The van der Waals surface area contributed by atoms with Crippen LogP contribution in [0.3, 0.4) is 0 Å². The number of hydrogen-bond donors (Lipinski definition) is 0. The molecule has 2 aromatic rings. The molecule has 1 unspecified atom stereocenters. The zero-order valence-corrected chi connectivity index (χ0v) is 18.0. The summed E-state index contributed by atoms with van der Waals surface area (Å²) in [5.41, 5.74) is 5.36. The number of rotatable bonds is 3. The van der Waals surface area contributed by atoms with Crippen LogP contribution in [0.2, 0.25) is 0 Å². The molecular formula is C29H31N. The van der Waals surface area contributed by atoms with Crippen molar-refractivity contribution in [1.29, 1.82) is 5.26 Å².